The highest BCUT2D eigenvalue weighted by Gasteiger charge is 2.22. The summed E-state index contributed by atoms with van der Waals surface area (Å²) in [5, 5.41) is 3.42. The summed E-state index contributed by atoms with van der Waals surface area (Å²) in [5.41, 5.74) is 0. The first kappa shape index (κ1) is 13.0. The highest BCUT2D eigenvalue weighted by Crippen LogP contribution is 2.25. The third kappa shape index (κ3) is 3.76. The van der Waals surface area contributed by atoms with E-state index in [4.69, 9.17) is 0 Å². The second-order valence-electron chi connectivity index (χ2n) is 5.13. The Balaban J connectivity index is 2.33. The van der Waals surface area contributed by atoms with Gasteiger partial charge >= 0.3 is 0 Å². The van der Waals surface area contributed by atoms with Crippen molar-refractivity contribution in [2.45, 2.75) is 58.0 Å². The summed E-state index contributed by atoms with van der Waals surface area (Å²) in [4.78, 5) is 2.54. The van der Waals surface area contributed by atoms with Crippen LogP contribution in [0.1, 0.15) is 46.0 Å². The molecule has 2 heteroatoms. The van der Waals surface area contributed by atoms with Crippen molar-refractivity contribution in [2.75, 3.05) is 20.6 Å². The topological polar surface area (TPSA) is 15.3 Å². The monoisotopic (exact) mass is 212 g/mol. The predicted molar refractivity (Wildman–Crippen MR) is 67.2 cm³/mol. The van der Waals surface area contributed by atoms with Crippen LogP contribution in [-0.2, 0) is 0 Å². The van der Waals surface area contributed by atoms with Crippen molar-refractivity contribution in [3.8, 4) is 0 Å². The lowest BCUT2D eigenvalue weighted by Crippen LogP contribution is -2.46. The van der Waals surface area contributed by atoms with Gasteiger partial charge in [0.2, 0.25) is 0 Å². The van der Waals surface area contributed by atoms with Gasteiger partial charge in [-0.15, -0.1) is 0 Å². The molecule has 0 aromatic heterocycles. The van der Waals surface area contributed by atoms with Crippen molar-refractivity contribution in [3.63, 3.8) is 0 Å². The fourth-order valence-corrected chi connectivity index (χ4v) is 2.86. The molecule has 2 nitrogen and oxygen atoms in total. The van der Waals surface area contributed by atoms with Gasteiger partial charge < -0.3 is 10.2 Å². The molecule has 0 saturated heterocycles. The average molecular weight is 212 g/mol. The van der Waals surface area contributed by atoms with Crippen LogP contribution in [-0.4, -0.2) is 37.6 Å². The lowest BCUT2D eigenvalue weighted by molar-refractivity contribution is 0.180. The molecule has 0 radical (unpaired) electrons. The zero-order chi connectivity index (χ0) is 11.3. The van der Waals surface area contributed by atoms with Crippen molar-refractivity contribution >= 4 is 0 Å². The molecule has 1 aliphatic rings. The number of rotatable bonds is 6. The molecule has 1 rings (SSSR count). The first-order chi connectivity index (χ1) is 7.19. The minimum atomic E-state index is 0.636. The first-order valence-electron chi connectivity index (χ1n) is 6.56. The van der Waals surface area contributed by atoms with E-state index >= 15 is 0 Å². The van der Waals surface area contributed by atoms with Crippen LogP contribution in [0.2, 0.25) is 0 Å². The normalized spacial score (nSPS) is 22.2. The van der Waals surface area contributed by atoms with Gasteiger partial charge in [0, 0.05) is 18.6 Å². The van der Waals surface area contributed by atoms with E-state index in [1.807, 2.05) is 0 Å². The van der Waals surface area contributed by atoms with Gasteiger partial charge in [0.1, 0.15) is 0 Å². The second-order valence-corrected chi connectivity index (χ2v) is 5.13. The Morgan fingerprint density at radius 1 is 1.33 bits per heavy atom. The van der Waals surface area contributed by atoms with Gasteiger partial charge in [-0.25, -0.2) is 0 Å². The number of likely N-dealkylation sites (N-methyl/N-ethyl adjacent to an activating group) is 2. The fourth-order valence-electron chi connectivity index (χ4n) is 2.86. The summed E-state index contributed by atoms with van der Waals surface area (Å²) in [6.45, 7) is 5.90. The molecule has 0 aromatic rings. The van der Waals surface area contributed by atoms with E-state index in [-0.39, 0.29) is 0 Å². The van der Waals surface area contributed by atoms with Crippen LogP contribution < -0.4 is 5.32 Å². The van der Waals surface area contributed by atoms with Crippen molar-refractivity contribution in [2.24, 2.45) is 5.92 Å². The number of hydrogen-bond donors (Lipinski definition) is 1. The highest BCUT2D eigenvalue weighted by molar-refractivity contribution is 4.80. The van der Waals surface area contributed by atoms with Crippen molar-refractivity contribution in [1.82, 2.24) is 10.2 Å². The number of hydrogen-bond acceptors (Lipinski definition) is 2. The van der Waals surface area contributed by atoms with Gasteiger partial charge in [0.15, 0.2) is 0 Å². The van der Waals surface area contributed by atoms with Crippen LogP contribution in [0, 0.1) is 5.92 Å². The summed E-state index contributed by atoms with van der Waals surface area (Å²) in [6.07, 6.45) is 7.03. The van der Waals surface area contributed by atoms with Crippen molar-refractivity contribution in [1.29, 1.82) is 0 Å². The maximum Gasteiger partial charge on any atom is 0.0217 e. The summed E-state index contributed by atoms with van der Waals surface area (Å²) in [6, 6.07) is 1.29. The molecule has 0 spiro atoms. The Morgan fingerprint density at radius 2 is 1.93 bits per heavy atom. The Kier molecular flexibility index (Phi) is 5.62. The highest BCUT2D eigenvalue weighted by atomic mass is 15.2. The maximum absolute atomic E-state index is 3.42. The lowest BCUT2D eigenvalue weighted by Gasteiger charge is -2.33. The number of nitrogens with one attached hydrogen (secondary N) is 1. The Morgan fingerprint density at radius 3 is 2.40 bits per heavy atom. The molecule has 90 valence electrons. The van der Waals surface area contributed by atoms with Gasteiger partial charge in [-0.1, -0.05) is 19.8 Å². The molecule has 0 bridgehead atoms. The Bertz CT molecular complexity index is 160. The van der Waals surface area contributed by atoms with Gasteiger partial charge in [0.05, 0.1) is 0 Å². The van der Waals surface area contributed by atoms with E-state index in [1.54, 1.807) is 0 Å². The van der Waals surface area contributed by atoms with Gasteiger partial charge in [-0.05, 0) is 46.2 Å². The van der Waals surface area contributed by atoms with E-state index in [1.165, 1.54) is 38.6 Å². The molecular formula is C13H28N2. The zero-order valence-corrected chi connectivity index (χ0v) is 10.9. The Hall–Kier alpha value is -0.0800. The molecular weight excluding hydrogens is 184 g/mol. The Labute approximate surface area is 95.4 Å². The zero-order valence-electron chi connectivity index (χ0n) is 10.9. The third-order valence-electron chi connectivity index (χ3n) is 4.11. The van der Waals surface area contributed by atoms with Gasteiger partial charge in [0.25, 0.3) is 0 Å². The summed E-state index contributed by atoms with van der Waals surface area (Å²) < 4.78 is 0. The minimum Gasteiger partial charge on any atom is -0.315 e. The first-order valence-corrected chi connectivity index (χ1v) is 6.56. The van der Waals surface area contributed by atoms with Crippen LogP contribution in [0.4, 0.5) is 0 Å². The minimum absolute atomic E-state index is 0.636. The summed E-state index contributed by atoms with van der Waals surface area (Å²) in [5.74, 6) is 0.965. The van der Waals surface area contributed by atoms with E-state index in [9.17, 15) is 0 Å². The molecule has 0 heterocycles. The predicted octanol–water partition coefficient (Wildman–Crippen LogP) is 2.49. The molecule has 1 saturated carbocycles. The van der Waals surface area contributed by atoms with Gasteiger partial charge in [-0.3, -0.25) is 0 Å². The van der Waals surface area contributed by atoms with E-state index in [0.29, 0.717) is 12.1 Å². The van der Waals surface area contributed by atoms with Crippen LogP contribution >= 0.6 is 0 Å². The SMILES string of the molecule is CCC(NC)C(C)N(C)CC1CCCC1. The lowest BCUT2D eigenvalue weighted by atomic mass is 10.0. The largest absolute Gasteiger partial charge is 0.315 e. The van der Waals surface area contributed by atoms with Crippen LogP contribution in [0.25, 0.3) is 0 Å². The molecule has 1 aliphatic carbocycles. The quantitative estimate of drug-likeness (QED) is 0.728. The van der Waals surface area contributed by atoms with E-state index < -0.39 is 0 Å². The maximum atomic E-state index is 3.42. The van der Waals surface area contributed by atoms with E-state index in [2.05, 4.69) is 38.2 Å². The second kappa shape index (κ2) is 6.49. The standard InChI is InChI=1S/C13H28N2/c1-5-13(14-3)11(2)15(4)10-12-8-6-7-9-12/h11-14H,5-10H2,1-4H3. The fraction of sp³-hybridized carbons (Fsp3) is 1.00. The number of nitrogens with zero attached hydrogens (tertiary/aromatic N) is 1. The molecule has 15 heavy (non-hydrogen) atoms. The van der Waals surface area contributed by atoms with Crippen molar-refractivity contribution in [3.05, 3.63) is 0 Å². The van der Waals surface area contributed by atoms with Crippen LogP contribution in [0.5, 0.6) is 0 Å². The third-order valence-corrected chi connectivity index (χ3v) is 4.11. The molecule has 2 unspecified atom stereocenters. The molecule has 1 N–H and O–H groups in total. The molecule has 1 fully saturated rings. The van der Waals surface area contributed by atoms with E-state index in [0.717, 1.165) is 5.92 Å². The molecule has 0 aromatic carbocycles. The van der Waals surface area contributed by atoms with Crippen LogP contribution in [0.15, 0.2) is 0 Å². The smallest absolute Gasteiger partial charge is 0.0217 e. The molecule has 0 aliphatic heterocycles. The van der Waals surface area contributed by atoms with Crippen LogP contribution in [0.3, 0.4) is 0 Å². The average Bonchev–Trinajstić information content (AvgIpc) is 2.72. The summed E-state index contributed by atoms with van der Waals surface area (Å²) in [7, 11) is 4.36. The van der Waals surface area contributed by atoms with Gasteiger partial charge in [-0.2, -0.15) is 0 Å². The molecule has 0 amide bonds. The molecule has 2 atom stereocenters. The van der Waals surface area contributed by atoms with Crippen molar-refractivity contribution < 1.29 is 0 Å². The summed E-state index contributed by atoms with van der Waals surface area (Å²) >= 11 is 0.